The molecule has 5 heteroatoms. The molecule has 0 bridgehead atoms. The third-order valence-corrected chi connectivity index (χ3v) is 4.38. The molecule has 0 aliphatic carbocycles. The van der Waals surface area contributed by atoms with Crippen molar-refractivity contribution in [1.82, 2.24) is 4.90 Å². The van der Waals surface area contributed by atoms with Crippen LogP contribution in [0.15, 0.2) is 48.5 Å². The van der Waals surface area contributed by atoms with Gasteiger partial charge in [-0.25, -0.2) is 0 Å². The van der Waals surface area contributed by atoms with Crippen molar-refractivity contribution in [2.75, 3.05) is 25.5 Å². The summed E-state index contributed by atoms with van der Waals surface area (Å²) < 4.78 is 5.21. The van der Waals surface area contributed by atoms with Gasteiger partial charge in [0.05, 0.1) is 19.1 Å². The monoisotopic (exact) mass is 338 g/mol. The van der Waals surface area contributed by atoms with Crippen LogP contribution in [0.4, 0.5) is 5.69 Å². The van der Waals surface area contributed by atoms with Gasteiger partial charge in [0.15, 0.2) is 0 Å². The Morgan fingerprint density at radius 2 is 1.72 bits per heavy atom. The largest absolute Gasteiger partial charge is 0.496 e. The summed E-state index contributed by atoms with van der Waals surface area (Å²) in [5.74, 6) is 0.481. The van der Waals surface area contributed by atoms with Crippen molar-refractivity contribution in [2.45, 2.75) is 19.3 Å². The summed E-state index contributed by atoms with van der Waals surface area (Å²) in [5.41, 5.74) is 2.12. The zero-order valence-electron chi connectivity index (χ0n) is 14.3. The molecule has 2 aromatic carbocycles. The highest BCUT2D eigenvalue weighted by Gasteiger charge is 2.18. The fourth-order valence-electron chi connectivity index (χ4n) is 2.99. The first kappa shape index (κ1) is 17.0. The summed E-state index contributed by atoms with van der Waals surface area (Å²) in [4.78, 5) is 26.5. The van der Waals surface area contributed by atoms with E-state index in [2.05, 4.69) is 5.32 Å². The summed E-state index contributed by atoms with van der Waals surface area (Å²) in [7, 11) is 1.54. The number of ether oxygens (including phenoxy) is 1. The molecule has 1 heterocycles. The number of methoxy groups -OCH3 is 1. The topological polar surface area (TPSA) is 58.6 Å². The molecule has 2 amide bonds. The van der Waals surface area contributed by atoms with Gasteiger partial charge in [0.2, 0.25) is 5.91 Å². The van der Waals surface area contributed by atoms with E-state index in [0.717, 1.165) is 31.5 Å². The second kappa shape index (κ2) is 7.83. The fourth-order valence-corrected chi connectivity index (χ4v) is 2.99. The van der Waals surface area contributed by atoms with Crippen LogP contribution in [0.2, 0.25) is 0 Å². The highest BCUT2D eigenvalue weighted by molar-refractivity contribution is 6.06. The smallest absolute Gasteiger partial charge is 0.259 e. The van der Waals surface area contributed by atoms with Crippen molar-refractivity contribution in [1.29, 1.82) is 0 Å². The van der Waals surface area contributed by atoms with Gasteiger partial charge in [-0.05, 0) is 42.7 Å². The van der Waals surface area contributed by atoms with Crippen LogP contribution in [0.3, 0.4) is 0 Å². The van der Waals surface area contributed by atoms with Crippen LogP contribution in [0.1, 0.15) is 28.8 Å². The zero-order chi connectivity index (χ0) is 17.6. The normalized spacial score (nSPS) is 13.6. The Morgan fingerprint density at radius 3 is 2.40 bits per heavy atom. The number of benzene rings is 2. The maximum absolute atomic E-state index is 12.4. The average molecular weight is 338 g/mol. The molecule has 0 unspecified atom stereocenters. The summed E-state index contributed by atoms with van der Waals surface area (Å²) in [6.07, 6.45) is 2.60. The van der Waals surface area contributed by atoms with Gasteiger partial charge in [0.25, 0.3) is 5.91 Å². The van der Waals surface area contributed by atoms with Crippen LogP contribution in [-0.4, -0.2) is 36.9 Å². The first-order valence-electron chi connectivity index (χ1n) is 8.48. The second-order valence-electron chi connectivity index (χ2n) is 6.12. The highest BCUT2D eigenvalue weighted by atomic mass is 16.5. The third-order valence-electron chi connectivity index (χ3n) is 4.38. The minimum atomic E-state index is -0.224. The molecule has 2 aromatic rings. The number of hydrogen-bond donors (Lipinski definition) is 1. The second-order valence-corrected chi connectivity index (χ2v) is 6.12. The van der Waals surface area contributed by atoms with Gasteiger partial charge in [-0.1, -0.05) is 24.3 Å². The molecule has 3 rings (SSSR count). The van der Waals surface area contributed by atoms with E-state index in [1.807, 2.05) is 35.2 Å². The van der Waals surface area contributed by atoms with E-state index in [9.17, 15) is 9.59 Å². The Kier molecular flexibility index (Phi) is 5.33. The lowest BCUT2D eigenvalue weighted by Gasteiger charge is -2.15. The van der Waals surface area contributed by atoms with Crippen molar-refractivity contribution in [3.8, 4) is 5.75 Å². The van der Waals surface area contributed by atoms with Crippen molar-refractivity contribution < 1.29 is 14.3 Å². The van der Waals surface area contributed by atoms with Crippen molar-refractivity contribution in [3.05, 3.63) is 59.7 Å². The van der Waals surface area contributed by atoms with E-state index in [-0.39, 0.29) is 11.8 Å². The number of carbonyl (C=O) groups is 2. The molecule has 25 heavy (non-hydrogen) atoms. The minimum Gasteiger partial charge on any atom is -0.496 e. The molecule has 1 saturated heterocycles. The molecule has 1 aliphatic rings. The Labute approximate surface area is 147 Å². The predicted molar refractivity (Wildman–Crippen MR) is 96.9 cm³/mol. The number of rotatable bonds is 5. The molecular formula is C20H22N2O3. The number of hydrogen-bond acceptors (Lipinski definition) is 3. The van der Waals surface area contributed by atoms with Crippen LogP contribution in [0.25, 0.3) is 0 Å². The molecule has 1 aliphatic heterocycles. The van der Waals surface area contributed by atoms with E-state index in [0.29, 0.717) is 23.4 Å². The Hall–Kier alpha value is -2.82. The van der Waals surface area contributed by atoms with Crippen molar-refractivity contribution in [3.63, 3.8) is 0 Å². The van der Waals surface area contributed by atoms with Crippen molar-refractivity contribution >= 4 is 17.5 Å². The zero-order valence-corrected chi connectivity index (χ0v) is 14.3. The predicted octanol–water partition coefficient (Wildman–Crippen LogP) is 3.11. The van der Waals surface area contributed by atoms with Gasteiger partial charge in [-0.2, -0.15) is 0 Å². The quantitative estimate of drug-likeness (QED) is 0.911. The van der Waals surface area contributed by atoms with Crippen LogP contribution >= 0.6 is 0 Å². The van der Waals surface area contributed by atoms with Gasteiger partial charge in [0, 0.05) is 18.8 Å². The molecule has 0 saturated carbocycles. The molecule has 0 atom stereocenters. The van der Waals surface area contributed by atoms with E-state index in [4.69, 9.17) is 4.74 Å². The number of likely N-dealkylation sites (tertiary alicyclic amines) is 1. The Balaban J connectivity index is 1.62. The summed E-state index contributed by atoms with van der Waals surface area (Å²) in [6.45, 7) is 1.73. The Bertz CT molecular complexity index is 750. The van der Waals surface area contributed by atoms with Crippen LogP contribution in [-0.2, 0) is 11.2 Å². The van der Waals surface area contributed by atoms with E-state index < -0.39 is 0 Å². The van der Waals surface area contributed by atoms with Crippen molar-refractivity contribution in [2.24, 2.45) is 0 Å². The van der Waals surface area contributed by atoms with Crippen LogP contribution in [0, 0.1) is 0 Å². The fraction of sp³-hybridized carbons (Fsp3) is 0.300. The minimum absolute atomic E-state index is 0.170. The molecule has 1 fully saturated rings. The lowest BCUT2D eigenvalue weighted by atomic mass is 10.1. The van der Waals surface area contributed by atoms with E-state index >= 15 is 0 Å². The summed E-state index contributed by atoms with van der Waals surface area (Å²) >= 11 is 0. The van der Waals surface area contributed by atoms with Gasteiger partial charge < -0.3 is 15.0 Å². The average Bonchev–Trinajstić information content (AvgIpc) is 3.18. The van der Waals surface area contributed by atoms with Crippen LogP contribution < -0.4 is 10.1 Å². The number of anilines is 1. The standard InChI is InChI=1S/C20H22N2O3/c1-25-18-7-3-2-6-17(18)20(24)21-16-10-8-15(9-11-16)14-19(23)22-12-4-5-13-22/h2-3,6-11H,4-5,12-14H2,1H3,(H,21,24). The first-order valence-corrected chi connectivity index (χ1v) is 8.48. The molecular weight excluding hydrogens is 316 g/mol. The SMILES string of the molecule is COc1ccccc1C(=O)Nc1ccc(CC(=O)N2CCCC2)cc1. The molecule has 1 N–H and O–H groups in total. The molecule has 0 radical (unpaired) electrons. The molecule has 0 spiro atoms. The van der Waals surface area contributed by atoms with Crippen LogP contribution in [0.5, 0.6) is 5.75 Å². The molecule has 0 aromatic heterocycles. The Morgan fingerprint density at radius 1 is 1.04 bits per heavy atom. The van der Waals surface area contributed by atoms with E-state index in [1.165, 1.54) is 7.11 Å². The van der Waals surface area contributed by atoms with Gasteiger partial charge in [-0.3, -0.25) is 9.59 Å². The van der Waals surface area contributed by atoms with Gasteiger partial charge in [-0.15, -0.1) is 0 Å². The first-order chi connectivity index (χ1) is 12.2. The molecule has 130 valence electrons. The maximum atomic E-state index is 12.4. The number of nitrogens with one attached hydrogen (secondary N) is 1. The van der Waals surface area contributed by atoms with Gasteiger partial charge in [0.1, 0.15) is 5.75 Å². The summed E-state index contributed by atoms with van der Waals surface area (Å²) in [6, 6.07) is 14.5. The third kappa shape index (κ3) is 4.18. The number of carbonyl (C=O) groups excluding carboxylic acids is 2. The number of para-hydroxylation sites is 1. The molecule has 5 nitrogen and oxygen atoms in total. The number of nitrogens with zero attached hydrogens (tertiary/aromatic N) is 1. The maximum Gasteiger partial charge on any atom is 0.259 e. The lowest BCUT2D eigenvalue weighted by Crippen LogP contribution is -2.29. The number of amides is 2. The van der Waals surface area contributed by atoms with Gasteiger partial charge >= 0.3 is 0 Å². The summed E-state index contributed by atoms with van der Waals surface area (Å²) in [5, 5.41) is 2.85. The highest BCUT2D eigenvalue weighted by Crippen LogP contribution is 2.20. The lowest BCUT2D eigenvalue weighted by molar-refractivity contribution is -0.129. The van der Waals surface area contributed by atoms with E-state index in [1.54, 1.807) is 18.2 Å².